The van der Waals surface area contributed by atoms with Gasteiger partial charge in [0, 0.05) is 29.4 Å². The number of aryl methyl sites for hydroxylation is 1. The molecule has 0 saturated heterocycles. The second-order valence-electron chi connectivity index (χ2n) is 7.14. The summed E-state index contributed by atoms with van der Waals surface area (Å²) in [5.74, 6) is 0.235. The standard InChI is InChI=1S/C23H20FN3O3S2/c1-15-13-16(11-12-25-15)22-21(14-30-19-7-3-17(24)4-8-19)31-23(27-22)26-18-5-9-20(10-6-18)32(2,28)29/h3-13H,14H2,1-2H3,(H,26,27). The van der Waals surface area contributed by atoms with Crippen molar-refractivity contribution in [1.82, 2.24) is 9.97 Å². The van der Waals surface area contributed by atoms with Gasteiger partial charge < -0.3 is 10.1 Å². The highest BCUT2D eigenvalue weighted by atomic mass is 32.2. The van der Waals surface area contributed by atoms with E-state index >= 15 is 0 Å². The highest BCUT2D eigenvalue weighted by Gasteiger charge is 2.15. The van der Waals surface area contributed by atoms with E-state index in [-0.39, 0.29) is 17.3 Å². The van der Waals surface area contributed by atoms with Crippen molar-refractivity contribution in [2.45, 2.75) is 18.4 Å². The van der Waals surface area contributed by atoms with Gasteiger partial charge in [-0.1, -0.05) is 11.3 Å². The van der Waals surface area contributed by atoms with Crippen LogP contribution in [0.3, 0.4) is 0 Å². The van der Waals surface area contributed by atoms with Crippen molar-refractivity contribution in [3.8, 4) is 17.0 Å². The molecule has 0 aliphatic heterocycles. The predicted octanol–water partition coefficient (Wildman–Crippen LogP) is 5.38. The zero-order valence-corrected chi connectivity index (χ0v) is 19.0. The normalized spacial score (nSPS) is 11.3. The van der Waals surface area contributed by atoms with Crippen molar-refractivity contribution in [1.29, 1.82) is 0 Å². The van der Waals surface area contributed by atoms with Crippen LogP contribution in [0.4, 0.5) is 15.2 Å². The Bertz CT molecular complexity index is 1340. The maximum absolute atomic E-state index is 13.2. The van der Waals surface area contributed by atoms with Crippen LogP contribution < -0.4 is 10.1 Å². The van der Waals surface area contributed by atoms with Gasteiger partial charge in [-0.05, 0) is 67.6 Å². The second-order valence-corrected chi connectivity index (χ2v) is 10.2. The lowest BCUT2D eigenvalue weighted by atomic mass is 10.1. The van der Waals surface area contributed by atoms with E-state index in [9.17, 15) is 12.8 Å². The summed E-state index contributed by atoms with van der Waals surface area (Å²) in [6, 6.07) is 16.2. The van der Waals surface area contributed by atoms with Gasteiger partial charge in [-0.25, -0.2) is 17.8 Å². The zero-order chi connectivity index (χ0) is 22.7. The van der Waals surface area contributed by atoms with Crippen molar-refractivity contribution in [2.75, 3.05) is 11.6 Å². The number of ether oxygens (including phenoxy) is 1. The van der Waals surface area contributed by atoms with E-state index in [0.717, 1.165) is 27.5 Å². The molecule has 32 heavy (non-hydrogen) atoms. The number of halogens is 1. The van der Waals surface area contributed by atoms with Gasteiger partial charge in [-0.15, -0.1) is 0 Å². The monoisotopic (exact) mass is 469 g/mol. The van der Waals surface area contributed by atoms with Crippen molar-refractivity contribution >= 4 is 32.0 Å². The van der Waals surface area contributed by atoms with Crippen LogP contribution in [0.25, 0.3) is 11.3 Å². The first-order valence-electron chi connectivity index (χ1n) is 9.66. The molecule has 4 rings (SSSR count). The molecule has 1 N–H and O–H groups in total. The summed E-state index contributed by atoms with van der Waals surface area (Å²) in [4.78, 5) is 10.1. The van der Waals surface area contributed by atoms with Crippen molar-refractivity contribution < 1.29 is 17.5 Å². The minimum atomic E-state index is -3.26. The number of hydrogen-bond acceptors (Lipinski definition) is 7. The van der Waals surface area contributed by atoms with E-state index < -0.39 is 9.84 Å². The number of thiazole rings is 1. The van der Waals surface area contributed by atoms with Gasteiger partial charge in [0.25, 0.3) is 0 Å². The minimum absolute atomic E-state index is 0.253. The molecule has 2 aromatic heterocycles. The van der Waals surface area contributed by atoms with Crippen LogP contribution in [0.15, 0.2) is 71.8 Å². The van der Waals surface area contributed by atoms with E-state index in [4.69, 9.17) is 9.72 Å². The maximum atomic E-state index is 13.2. The Kier molecular flexibility index (Phi) is 6.20. The molecule has 9 heteroatoms. The van der Waals surface area contributed by atoms with Crippen LogP contribution in [0.2, 0.25) is 0 Å². The zero-order valence-electron chi connectivity index (χ0n) is 17.4. The molecular formula is C23H20FN3O3S2. The summed E-state index contributed by atoms with van der Waals surface area (Å²) in [5, 5.41) is 3.86. The molecule has 0 radical (unpaired) electrons. The summed E-state index contributed by atoms with van der Waals surface area (Å²) in [6.07, 6.45) is 2.90. The van der Waals surface area contributed by atoms with E-state index in [0.29, 0.717) is 10.9 Å². The third-order valence-electron chi connectivity index (χ3n) is 4.58. The summed E-state index contributed by atoms with van der Waals surface area (Å²) in [7, 11) is -3.26. The van der Waals surface area contributed by atoms with Gasteiger partial charge in [0.2, 0.25) is 0 Å². The summed E-state index contributed by atoms with van der Waals surface area (Å²) >= 11 is 1.43. The quantitative estimate of drug-likeness (QED) is 0.391. The van der Waals surface area contributed by atoms with Crippen LogP contribution in [-0.2, 0) is 16.4 Å². The van der Waals surface area contributed by atoms with Crippen LogP contribution >= 0.6 is 11.3 Å². The van der Waals surface area contributed by atoms with Gasteiger partial charge >= 0.3 is 0 Å². The summed E-state index contributed by atoms with van der Waals surface area (Å²) in [6.45, 7) is 2.17. The third-order valence-corrected chi connectivity index (χ3v) is 6.66. The van der Waals surface area contributed by atoms with Crippen molar-refractivity contribution in [3.63, 3.8) is 0 Å². The molecule has 0 saturated carbocycles. The fourth-order valence-electron chi connectivity index (χ4n) is 3.01. The van der Waals surface area contributed by atoms with Gasteiger partial charge in [0.15, 0.2) is 15.0 Å². The number of rotatable bonds is 7. The third kappa shape index (κ3) is 5.30. The Labute approximate surface area is 189 Å². The average molecular weight is 470 g/mol. The Morgan fingerprint density at radius 2 is 1.78 bits per heavy atom. The first-order chi connectivity index (χ1) is 15.3. The molecular weight excluding hydrogens is 449 g/mol. The number of nitrogens with zero attached hydrogens (tertiary/aromatic N) is 2. The van der Waals surface area contributed by atoms with Crippen molar-refractivity contribution in [3.05, 3.63) is 83.2 Å². The van der Waals surface area contributed by atoms with Crippen LogP contribution in [0.1, 0.15) is 10.6 Å². The van der Waals surface area contributed by atoms with Crippen LogP contribution in [0, 0.1) is 12.7 Å². The summed E-state index contributed by atoms with van der Waals surface area (Å²) < 4.78 is 42.4. The Balaban J connectivity index is 1.61. The number of hydrogen-bond donors (Lipinski definition) is 1. The maximum Gasteiger partial charge on any atom is 0.188 e. The first kappa shape index (κ1) is 21.9. The molecule has 0 bridgehead atoms. The van der Waals surface area contributed by atoms with E-state index in [1.807, 2.05) is 19.1 Å². The summed E-state index contributed by atoms with van der Waals surface area (Å²) in [5.41, 5.74) is 3.26. The van der Waals surface area contributed by atoms with E-state index in [1.165, 1.54) is 29.7 Å². The molecule has 6 nitrogen and oxygen atoms in total. The number of anilines is 2. The number of nitrogens with one attached hydrogen (secondary N) is 1. The largest absolute Gasteiger partial charge is 0.488 e. The fourth-order valence-corrected chi connectivity index (χ4v) is 4.56. The molecule has 2 heterocycles. The topological polar surface area (TPSA) is 81.2 Å². The number of pyridine rings is 1. The number of benzene rings is 2. The van der Waals surface area contributed by atoms with E-state index in [1.54, 1.807) is 42.6 Å². The predicted molar refractivity (Wildman–Crippen MR) is 124 cm³/mol. The smallest absolute Gasteiger partial charge is 0.188 e. The molecule has 0 amide bonds. The lowest BCUT2D eigenvalue weighted by Gasteiger charge is -2.06. The molecule has 2 aromatic carbocycles. The van der Waals surface area contributed by atoms with Gasteiger partial charge in [0.1, 0.15) is 18.2 Å². The Hall–Kier alpha value is -3.30. The van der Waals surface area contributed by atoms with Crippen LogP contribution in [-0.4, -0.2) is 24.6 Å². The molecule has 0 aliphatic rings. The number of sulfone groups is 1. The lowest BCUT2D eigenvalue weighted by Crippen LogP contribution is -1.97. The van der Waals surface area contributed by atoms with Crippen LogP contribution in [0.5, 0.6) is 5.75 Å². The molecule has 0 unspecified atom stereocenters. The second kappa shape index (κ2) is 9.05. The molecule has 0 atom stereocenters. The first-order valence-corrected chi connectivity index (χ1v) is 12.4. The van der Waals surface area contributed by atoms with E-state index in [2.05, 4.69) is 10.3 Å². The number of aromatic nitrogens is 2. The molecule has 4 aromatic rings. The Morgan fingerprint density at radius 3 is 2.44 bits per heavy atom. The molecule has 164 valence electrons. The van der Waals surface area contributed by atoms with Gasteiger partial charge in [-0.2, -0.15) is 0 Å². The highest BCUT2D eigenvalue weighted by Crippen LogP contribution is 2.34. The van der Waals surface area contributed by atoms with Gasteiger partial charge in [-0.3, -0.25) is 4.98 Å². The minimum Gasteiger partial charge on any atom is -0.488 e. The molecule has 0 fully saturated rings. The molecule has 0 spiro atoms. The Morgan fingerprint density at radius 1 is 1.06 bits per heavy atom. The van der Waals surface area contributed by atoms with Crippen molar-refractivity contribution in [2.24, 2.45) is 0 Å². The highest BCUT2D eigenvalue weighted by molar-refractivity contribution is 7.90. The average Bonchev–Trinajstić information content (AvgIpc) is 3.16. The lowest BCUT2D eigenvalue weighted by molar-refractivity contribution is 0.309. The molecule has 0 aliphatic carbocycles. The van der Waals surface area contributed by atoms with Gasteiger partial charge in [0.05, 0.1) is 15.5 Å². The fraction of sp³-hybridized carbons (Fsp3) is 0.130. The SMILES string of the molecule is Cc1cc(-c2nc(Nc3ccc(S(C)(=O)=O)cc3)sc2COc2ccc(F)cc2)ccn1.